The van der Waals surface area contributed by atoms with Gasteiger partial charge in [0.15, 0.2) is 0 Å². The van der Waals surface area contributed by atoms with Crippen LogP contribution in [0.3, 0.4) is 0 Å². The molecule has 1 aromatic carbocycles. The van der Waals surface area contributed by atoms with E-state index in [1.165, 1.54) is 11.4 Å². The number of nitrogens with zero attached hydrogens (tertiary/aromatic N) is 3. The third kappa shape index (κ3) is 2.69. The van der Waals surface area contributed by atoms with E-state index in [-0.39, 0.29) is 0 Å². The predicted octanol–water partition coefficient (Wildman–Crippen LogP) is 2.45. The van der Waals surface area contributed by atoms with E-state index < -0.39 is 0 Å². The molecule has 104 valence electrons. The lowest BCUT2D eigenvalue weighted by Gasteiger charge is -2.37. The molecule has 0 amide bonds. The topological polar surface area (TPSA) is 31.4 Å². The third-order valence-electron chi connectivity index (χ3n) is 3.83. The van der Waals surface area contributed by atoms with Gasteiger partial charge in [0, 0.05) is 62.7 Å². The van der Waals surface area contributed by atoms with Crippen LogP contribution in [0.4, 0.5) is 17.1 Å². The molecular formula is C16H20N4. The molecule has 4 heteroatoms. The fourth-order valence-corrected chi connectivity index (χ4v) is 2.62. The number of anilines is 3. The first-order chi connectivity index (χ1) is 9.86. The van der Waals surface area contributed by atoms with E-state index in [4.69, 9.17) is 0 Å². The Kier molecular flexibility index (Phi) is 3.72. The largest absolute Gasteiger partial charge is 0.388 e. The van der Waals surface area contributed by atoms with Crippen LogP contribution in [-0.2, 0) is 0 Å². The van der Waals surface area contributed by atoms with E-state index in [0.717, 1.165) is 31.9 Å². The quantitative estimate of drug-likeness (QED) is 0.926. The zero-order chi connectivity index (χ0) is 13.8. The van der Waals surface area contributed by atoms with Gasteiger partial charge in [-0.3, -0.25) is 4.98 Å². The SMILES string of the molecule is CNc1ccc(N2CCN(c3ccncc3)CC2)cc1. The van der Waals surface area contributed by atoms with Gasteiger partial charge >= 0.3 is 0 Å². The predicted molar refractivity (Wildman–Crippen MR) is 84.7 cm³/mol. The molecule has 1 aromatic heterocycles. The van der Waals surface area contributed by atoms with E-state index in [2.05, 4.69) is 56.5 Å². The molecule has 0 atom stereocenters. The number of hydrogen-bond acceptors (Lipinski definition) is 4. The van der Waals surface area contributed by atoms with Crippen LogP contribution in [0.1, 0.15) is 0 Å². The monoisotopic (exact) mass is 268 g/mol. The lowest BCUT2D eigenvalue weighted by molar-refractivity contribution is 0.653. The van der Waals surface area contributed by atoms with Gasteiger partial charge < -0.3 is 15.1 Å². The normalized spacial score (nSPS) is 15.2. The molecule has 1 aliphatic heterocycles. The van der Waals surface area contributed by atoms with Crippen molar-refractivity contribution < 1.29 is 0 Å². The maximum atomic E-state index is 4.08. The minimum absolute atomic E-state index is 1.05. The maximum absolute atomic E-state index is 4.08. The number of benzene rings is 1. The Morgan fingerprint density at radius 3 is 1.80 bits per heavy atom. The minimum atomic E-state index is 1.05. The highest BCUT2D eigenvalue weighted by Gasteiger charge is 2.17. The van der Waals surface area contributed by atoms with Crippen molar-refractivity contribution in [1.29, 1.82) is 0 Å². The molecule has 20 heavy (non-hydrogen) atoms. The molecule has 3 rings (SSSR count). The number of rotatable bonds is 3. The first-order valence-electron chi connectivity index (χ1n) is 7.04. The highest BCUT2D eigenvalue weighted by atomic mass is 15.3. The maximum Gasteiger partial charge on any atom is 0.0398 e. The van der Waals surface area contributed by atoms with Crippen LogP contribution in [0.2, 0.25) is 0 Å². The van der Waals surface area contributed by atoms with Gasteiger partial charge in [-0.2, -0.15) is 0 Å². The Hall–Kier alpha value is -2.23. The molecule has 1 aliphatic rings. The van der Waals surface area contributed by atoms with Gasteiger partial charge in [0.05, 0.1) is 0 Å². The fourth-order valence-electron chi connectivity index (χ4n) is 2.62. The Morgan fingerprint density at radius 1 is 0.800 bits per heavy atom. The second kappa shape index (κ2) is 5.82. The molecule has 0 unspecified atom stereocenters. The average molecular weight is 268 g/mol. The molecule has 0 radical (unpaired) electrons. The van der Waals surface area contributed by atoms with Gasteiger partial charge in [0.2, 0.25) is 0 Å². The number of piperazine rings is 1. The minimum Gasteiger partial charge on any atom is -0.388 e. The molecule has 4 nitrogen and oxygen atoms in total. The number of aromatic nitrogens is 1. The summed E-state index contributed by atoms with van der Waals surface area (Å²) in [5, 5.41) is 3.15. The summed E-state index contributed by atoms with van der Waals surface area (Å²) in [6.07, 6.45) is 3.72. The van der Waals surface area contributed by atoms with E-state index in [1.807, 2.05) is 19.4 Å². The molecule has 0 bridgehead atoms. The summed E-state index contributed by atoms with van der Waals surface area (Å²) in [6.45, 7) is 4.22. The fraction of sp³-hybridized carbons (Fsp3) is 0.312. The van der Waals surface area contributed by atoms with Gasteiger partial charge in [0.25, 0.3) is 0 Å². The summed E-state index contributed by atoms with van der Waals surface area (Å²) in [5.41, 5.74) is 3.73. The first-order valence-corrected chi connectivity index (χ1v) is 7.04. The molecule has 2 aromatic rings. The second-order valence-electron chi connectivity index (χ2n) is 4.98. The number of pyridine rings is 1. The van der Waals surface area contributed by atoms with E-state index in [0.29, 0.717) is 0 Å². The van der Waals surface area contributed by atoms with Crippen LogP contribution in [0.5, 0.6) is 0 Å². The van der Waals surface area contributed by atoms with Crippen molar-refractivity contribution in [1.82, 2.24) is 4.98 Å². The Bertz CT molecular complexity index is 530. The highest BCUT2D eigenvalue weighted by Crippen LogP contribution is 2.21. The Morgan fingerprint density at radius 2 is 1.30 bits per heavy atom. The van der Waals surface area contributed by atoms with E-state index >= 15 is 0 Å². The zero-order valence-corrected chi connectivity index (χ0v) is 11.8. The van der Waals surface area contributed by atoms with Gasteiger partial charge in [-0.15, -0.1) is 0 Å². The smallest absolute Gasteiger partial charge is 0.0398 e. The van der Waals surface area contributed by atoms with Crippen molar-refractivity contribution >= 4 is 17.1 Å². The van der Waals surface area contributed by atoms with Crippen LogP contribution >= 0.6 is 0 Å². The van der Waals surface area contributed by atoms with Gasteiger partial charge in [-0.1, -0.05) is 0 Å². The van der Waals surface area contributed by atoms with Crippen molar-refractivity contribution in [3.8, 4) is 0 Å². The third-order valence-corrected chi connectivity index (χ3v) is 3.83. The summed E-state index contributed by atoms with van der Waals surface area (Å²) in [6, 6.07) is 12.8. The molecule has 1 fully saturated rings. The Balaban J connectivity index is 1.63. The number of hydrogen-bond donors (Lipinski definition) is 1. The molecule has 0 spiro atoms. The van der Waals surface area contributed by atoms with Crippen molar-refractivity contribution in [2.24, 2.45) is 0 Å². The van der Waals surface area contributed by atoms with Crippen LogP contribution in [0.15, 0.2) is 48.8 Å². The van der Waals surface area contributed by atoms with E-state index in [9.17, 15) is 0 Å². The lowest BCUT2D eigenvalue weighted by Crippen LogP contribution is -2.46. The van der Waals surface area contributed by atoms with Gasteiger partial charge in [0.1, 0.15) is 0 Å². The summed E-state index contributed by atoms with van der Waals surface area (Å²) in [4.78, 5) is 8.93. The van der Waals surface area contributed by atoms with Gasteiger partial charge in [-0.25, -0.2) is 0 Å². The molecule has 0 saturated carbocycles. The molecule has 1 N–H and O–H groups in total. The first kappa shape index (κ1) is 12.8. The lowest BCUT2D eigenvalue weighted by atomic mass is 10.2. The van der Waals surface area contributed by atoms with Crippen molar-refractivity contribution in [3.05, 3.63) is 48.8 Å². The summed E-state index contributed by atoms with van der Waals surface area (Å²) in [7, 11) is 1.95. The standard InChI is InChI=1S/C16H20N4/c1-17-14-2-4-15(5-3-14)19-10-12-20(13-11-19)16-6-8-18-9-7-16/h2-9,17H,10-13H2,1H3. The van der Waals surface area contributed by atoms with Crippen LogP contribution in [0.25, 0.3) is 0 Å². The molecule has 2 heterocycles. The Labute approximate surface area is 120 Å². The second-order valence-corrected chi connectivity index (χ2v) is 4.98. The van der Waals surface area contributed by atoms with Crippen molar-refractivity contribution in [3.63, 3.8) is 0 Å². The highest BCUT2D eigenvalue weighted by molar-refractivity contribution is 5.56. The van der Waals surface area contributed by atoms with Crippen molar-refractivity contribution in [2.75, 3.05) is 48.3 Å². The summed E-state index contributed by atoms with van der Waals surface area (Å²) < 4.78 is 0. The van der Waals surface area contributed by atoms with Gasteiger partial charge in [-0.05, 0) is 36.4 Å². The zero-order valence-electron chi connectivity index (χ0n) is 11.8. The van der Waals surface area contributed by atoms with Crippen LogP contribution in [-0.4, -0.2) is 38.2 Å². The molecule has 1 saturated heterocycles. The average Bonchev–Trinajstić information content (AvgIpc) is 2.56. The summed E-state index contributed by atoms with van der Waals surface area (Å²) >= 11 is 0. The van der Waals surface area contributed by atoms with E-state index in [1.54, 1.807) is 0 Å². The summed E-state index contributed by atoms with van der Waals surface area (Å²) in [5.74, 6) is 0. The number of nitrogens with one attached hydrogen (secondary N) is 1. The van der Waals surface area contributed by atoms with Crippen molar-refractivity contribution in [2.45, 2.75) is 0 Å². The molecule has 0 aliphatic carbocycles. The molecular weight excluding hydrogens is 248 g/mol. The van der Waals surface area contributed by atoms with Crippen LogP contribution in [0, 0.1) is 0 Å². The van der Waals surface area contributed by atoms with Crippen LogP contribution < -0.4 is 15.1 Å².